The van der Waals surface area contributed by atoms with Gasteiger partial charge < -0.3 is 9.90 Å². The molecular formula is C17H13ClF2KN3O2. The van der Waals surface area contributed by atoms with E-state index in [2.05, 4.69) is 10.1 Å². The van der Waals surface area contributed by atoms with Crippen molar-refractivity contribution in [3.05, 3.63) is 57.9 Å². The van der Waals surface area contributed by atoms with Gasteiger partial charge >= 0.3 is 57.3 Å². The first-order valence-corrected chi connectivity index (χ1v) is 7.76. The van der Waals surface area contributed by atoms with Crippen LogP contribution in [0.25, 0.3) is 11.0 Å². The largest absolute Gasteiger partial charge is 1.00 e. The van der Waals surface area contributed by atoms with Crippen molar-refractivity contribution in [1.29, 1.82) is 0 Å². The quantitative estimate of drug-likeness (QED) is 0.556. The summed E-state index contributed by atoms with van der Waals surface area (Å²) in [5.74, 6) is -6.61. The molecule has 0 saturated heterocycles. The maximum atomic E-state index is 13.7. The number of halogens is 3. The molecule has 0 aliphatic rings. The first-order valence-electron chi connectivity index (χ1n) is 7.38. The molecule has 0 atom stereocenters. The van der Waals surface area contributed by atoms with Crippen LogP contribution < -0.4 is 56.5 Å². The molecule has 0 aliphatic carbocycles. The summed E-state index contributed by atoms with van der Waals surface area (Å²) in [6.45, 7) is 3.83. The molecule has 0 saturated carbocycles. The third-order valence-electron chi connectivity index (χ3n) is 4.04. The zero-order chi connectivity index (χ0) is 18.4. The second-order valence-corrected chi connectivity index (χ2v) is 6.14. The molecule has 130 valence electrons. The van der Waals surface area contributed by atoms with Crippen molar-refractivity contribution >= 4 is 28.6 Å². The Labute approximate surface area is 195 Å². The van der Waals surface area contributed by atoms with Crippen LogP contribution >= 0.6 is 11.6 Å². The van der Waals surface area contributed by atoms with Gasteiger partial charge in [-0.2, -0.15) is 13.9 Å². The average molecular weight is 404 g/mol. The maximum Gasteiger partial charge on any atom is 1.00 e. The Morgan fingerprint density at radius 1 is 1.35 bits per heavy atom. The van der Waals surface area contributed by atoms with Crippen LogP contribution in [-0.4, -0.2) is 20.7 Å². The van der Waals surface area contributed by atoms with E-state index in [1.54, 1.807) is 13.0 Å². The normalized spacial score (nSPS) is 11.4. The number of alkyl halides is 2. The number of aromatic nitrogens is 3. The van der Waals surface area contributed by atoms with E-state index in [9.17, 15) is 18.7 Å². The molecule has 0 radical (unpaired) electrons. The zero-order valence-electron chi connectivity index (χ0n) is 14.4. The number of carbonyl (C=O) groups is 1. The Balaban J connectivity index is 0.00000243. The maximum absolute atomic E-state index is 13.7. The Hall–Kier alpha value is -0.904. The standard InChI is InChI=1S/C17H14ClF2N3O2.K/c1-9-4-3-5-13(18)12(9)8-23-14-6-11(17(19,20)16(24)25)7-21-15(14)10(2)22-23;/h3-7H,8H2,1-2H3,(H,24,25);/q;+1/p-1. The summed E-state index contributed by atoms with van der Waals surface area (Å²) in [6.07, 6.45) is 0.831. The van der Waals surface area contributed by atoms with Crippen molar-refractivity contribution in [2.75, 3.05) is 0 Å². The third kappa shape index (κ3) is 3.85. The zero-order valence-corrected chi connectivity index (χ0v) is 18.3. The molecule has 0 amide bonds. The fourth-order valence-electron chi connectivity index (χ4n) is 2.64. The summed E-state index contributed by atoms with van der Waals surface area (Å²) in [5.41, 5.74) is 2.24. The second-order valence-electron chi connectivity index (χ2n) is 5.73. The average Bonchev–Trinajstić information content (AvgIpc) is 2.86. The number of aryl methyl sites for hydroxylation is 2. The van der Waals surface area contributed by atoms with Crippen LogP contribution in [-0.2, 0) is 17.3 Å². The van der Waals surface area contributed by atoms with Crippen molar-refractivity contribution in [2.45, 2.75) is 26.3 Å². The van der Waals surface area contributed by atoms with E-state index in [1.807, 2.05) is 19.1 Å². The third-order valence-corrected chi connectivity index (χ3v) is 4.39. The number of hydrogen-bond acceptors (Lipinski definition) is 4. The van der Waals surface area contributed by atoms with E-state index < -0.39 is 17.5 Å². The minimum absolute atomic E-state index is 0. The van der Waals surface area contributed by atoms with Crippen LogP contribution in [0.1, 0.15) is 22.4 Å². The van der Waals surface area contributed by atoms with Gasteiger partial charge in [0.25, 0.3) is 0 Å². The number of carbonyl (C=O) groups excluding carboxylic acids is 1. The Morgan fingerprint density at radius 3 is 2.65 bits per heavy atom. The Kier molecular flexibility index (Phi) is 6.58. The van der Waals surface area contributed by atoms with Gasteiger partial charge in [0.1, 0.15) is 11.5 Å². The molecule has 5 nitrogen and oxygen atoms in total. The minimum Gasteiger partial charge on any atom is -0.544 e. The molecule has 1 aromatic carbocycles. The smallest absolute Gasteiger partial charge is 0.544 e. The number of rotatable bonds is 4. The van der Waals surface area contributed by atoms with E-state index in [1.165, 1.54) is 4.68 Å². The monoisotopic (exact) mass is 403 g/mol. The SMILES string of the molecule is Cc1cccc(Cl)c1Cn1nc(C)c2ncc(C(F)(F)C(=O)[O-])cc21.[K+]. The number of nitrogens with zero attached hydrogens (tertiary/aromatic N) is 3. The summed E-state index contributed by atoms with van der Waals surface area (Å²) in [5, 5.41) is 15.6. The van der Waals surface area contributed by atoms with Gasteiger partial charge in [0, 0.05) is 16.8 Å². The van der Waals surface area contributed by atoms with Gasteiger partial charge in [0.15, 0.2) is 0 Å². The molecule has 9 heteroatoms. The Morgan fingerprint density at radius 2 is 2.04 bits per heavy atom. The number of hydrogen-bond donors (Lipinski definition) is 0. The second kappa shape index (κ2) is 8.00. The predicted octanol–water partition coefficient (Wildman–Crippen LogP) is -0.404. The fourth-order valence-corrected chi connectivity index (χ4v) is 2.92. The van der Waals surface area contributed by atoms with Crippen LogP contribution in [0, 0.1) is 13.8 Å². The number of pyridine rings is 1. The summed E-state index contributed by atoms with van der Waals surface area (Å²) < 4.78 is 29.0. The molecule has 0 fully saturated rings. The summed E-state index contributed by atoms with van der Waals surface area (Å²) in [6, 6.07) is 6.50. The topological polar surface area (TPSA) is 70.8 Å². The predicted molar refractivity (Wildman–Crippen MR) is 86.5 cm³/mol. The summed E-state index contributed by atoms with van der Waals surface area (Å²) in [7, 11) is 0. The van der Waals surface area contributed by atoms with Gasteiger partial charge in [-0.3, -0.25) is 9.67 Å². The molecule has 2 aromatic heterocycles. The van der Waals surface area contributed by atoms with Crippen molar-refractivity contribution in [2.24, 2.45) is 0 Å². The number of aliphatic carboxylic acids is 1. The van der Waals surface area contributed by atoms with Gasteiger partial charge in [0.05, 0.1) is 17.8 Å². The molecule has 0 bridgehead atoms. The summed E-state index contributed by atoms with van der Waals surface area (Å²) in [4.78, 5) is 14.6. The van der Waals surface area contributed by atoms with Gasteiger partial charge in [-0.05, 0) is 37.1 Å². The fraction of sp³-hybridized carbons (Fsp3) is 0.235. The molecule has 3 aromatic rings. The van der Waals surface area contributed by atoms with Crippen LogP contribution in [0.5, 0.6) is 0 Å². The van der Waals surface area contributed by atoms with Crippen molar-refractivity contribution < 1.29 is 70.1 Å². The van der Waals surface area contributed by atoms with Gasteiger partial charge in [-0.1, -0.05) is 23.7 Å². The first kappa shape index (κ1) is 21.4. The molecule has 0 unspecified atom stereocenters. The number of benzene rings is 1. The molecule has 0 N–H and O–H groups in total. The van der Waals surface area contributed by atoms with E-state index >= 15 is 0 Å². The van der Waals surface area contributed by atoms with E-state index in [0.29, 0.717) is 21.7 Å². The molecule has 0 spiro atoms. The van der Waals surface area contributed by atoms with Crippen molar-refractivity contribution in [1.82, 2.24) is 14.8 Å². The molecule has 0 aliphatic heterocycles. The summed E-state index contributed by atoms with van der Waals surface area (Å²) >= 11 is 6.22. The van der Waals surface area contributed by atoms with Crippen LogP contribution in [0.4, 0.5) is 8.78 Å². The van der Waals surface area contributed by atoms with Crippen molar-refractivity contribution in [3.8, 4) is 0 Å². The van der Waals surface area contributed by atoms with Crippen molar-refractivity contribution in [3.63, 3.8) is 0 Å². The van der Waals surface area contributed by atoms with E-state index in [4.69, 9.17) is 11.6 Å². The number of carboxylic acids is 1. The minimum atomic E-state index is -4.13. The van der Waals surface area contributed by atoms with E-state index in [0.717, 1.165) is 23.4 Å². The number of carboxylic acid groups (broad SMARTS) is 1. The van der Waals surface area contributed by atoms with Gasteiger partial charge in [0.2, 0.25) is 0 Å². The van der Waals surface area contributed by atoms with E-state index in [-0.39, 0.29) is 57.9 Å². The first-order chi connectivity index (χ1) is 11.7. The van der Waals surface area contributed by atoms with Gasteiger partial charge in [-0.15, -0.1) is 0 Å². The van der Waals surface area contributed by atoms with Crippen LogP contribution in [0.3, 0.4) is 0 Å². The molecule has 26 heavy (non-hydrogen) atoms. The molecule has 2 heterocycles. The molecule has 3 rings (SSSR count). The van der Waals surface area contributed by atoms with Crippen LogP contribution in [0.15, 0.2) is 30.5 Å². The van der Waals surface area contributed by atoms with Crippen LogP contribution in [0.2, 0.25) is 5.02 Å². The number of fused-ring (bicyclic) bond motifs is 1. The van der Waals surface area contributed by atoms with Gasteiger partial charge in [-0.25, -0.2) is 0 Å². The Bertz CT molecular complexity index is 971. The molecular weight excluding hydrogens is 391 g/mol.